The minimum absolute atomic E-state index is 0.319. The van der Waals surface area contributed by atoms with Crippen LogP contribution < -0.4 is 5.73 Å². The Bertz CT molecular complexity index is 581. The van der Waals surface area contributed by atoms with Crippen LogP contribution in [-0.4, -0.2) is 4.98 Å². The normalized spacial score (nSPS) is 13.2. The standard InChI is InChI=1S/C14H12F4N2/c15-12-7-10(3-4-11(12)14(16,17)18)13(19)6-9-2-1-5-20-8-9/h1-5,7-8,13H,6,19H2. The van der Waals surface area contributed by atoms with E-state index in [0.717, 1.165) is 11.6 Å². The average molecular weight is 284 g/mol. The number of pyridine rings is 1. The summed E-state index contributed by atoms with van der Waals surface area (Å²) in [6.07, 6.45) is -1.11. The van der Waals surface area contributed by atoms with Crippen molar-refractivity contribution in [3.63, 3.8) is 0 Å². The summed E-state index contributed by atoms with van der Waals surface area (Å²) in [6.45, 7) is 0. The fourth-order valence-electron chi connectivity index (χ4n) is 1.88. The van der Waals surface area contributed by atoms with Crippen molar-refractivity contribution in [3.05, 3.63) is 65.2 Å². The third-order valence-electron chi connectivity index (χ3n) is 2.91. The number of rotatable bonds is 3. The fraction of sp³-hybridized carbons (Fsp3) is 0.214. The lowest BCUT2D eigenvalue weighted by molar-refractivity contribution is -0.140. The lowest BCUT2D eigenvalue weighted by Gasteiger charge is -2.14. The lowest BCUT2D eigenvalue weighted by Crippen LogP contribution is -2.15. The Labute approximate surface area is 113 Å². The molecule has 1 aromatic heterocycles. The largest absolute Gasteiger partial charge is 0.419 e. The third-order valence-corrected chi connectivity index (χ3v) is 2.91. The second-order valence-electron chi connectivity index (χ2n) is 4.41. The zero-order chi connectivity index (χ0) is 14.8. The van der Waals surface area contributed by atoms with Gasteiger partial charge in [0.05, 0.1) is 5.56 Å². The van der Waals surface area contributed by atoms with E-state index >= 15 is 0 Å². The average Bonchev–Trinajstić information content (AvgIpc) is 2.38. The maximum atomic E-state index is 13.5. The Balaban J connectivity index is 2.19. The molecule has 2 N–H and O–H groups in total. The molecule has 0 saturated carbocycles. The Morgan fingerprint density at radius 3 is 2.50 bits per heavy atom. The molecule has 1 aromatic carbocycles. The van der Waals surface area contributed by atoms with E-state index in [-0.39, 0.29) is 0 Å². The van der Waals surface area contributed by atoms with Crippen LogP contribution in [0.25, 0.3) is 0 Å². The molecule has 0 spiro atoms. The highest BCUT2D eigenvalue weighted by molar-refractivity contribution is 5.29. The number of alkyl halides is 3. The van der Waals surface area contributed by atoms with Crippen molar-refractivity contribution in [2.45, 2.75) is 18.6 Å². The van der Waals surface area contributed by atoms with Crippen molar-refractivity contribution in [2.75, 3.05) is 0 Å². The van der Waals surface area contributed by atoms with Gasteiger partial charge in [-0.1, -0.05) is 12.1 Å². The first-order chi connectivity index (χ1) is 9.38. The number of benzene rings is 1. The van der Waals surface area contributed by atoms with Crippen molar-refractivity contribution in [1.29, 1.82) is 0 Å². The zero-order valence-electron chi connectivity index (χ0n) is 10.4. The minimum atomic E-state index is -4.70. The third kappa shape index (κ3) is 3.33. The number of hydrogen-bond donors (Lipinski definition) is 1. The summed E-state index contributed by atoms with van der Waals surface area (Å²) in [5, 5.41) is 0. The van der Waals surface area contributed by atoms with Crippen LogP contribution in [0, 0.1) is 5.82 Å². The van der Waals surface area contributed by atoms with Gasteiger partial charge in [-0.3, -0.25) is 4.98 Å². The molecule has 0 aliphatic carbocycles. The molecule has 1 atom stereocenters. The molecule has 0 fully saturated rings. The van der Waals surface area contributed by atoms with Gasteiger partial charge >= 0.3 is 6.18 Å². The van der Waals surface area contributed by atoms with Gasteiger partial charge in [0.2, 0.25) is 0 Å². The van der Waals surface area contributed by atoms with Crippen LogP contribution in [0.1, 0.15) is 22.7 Å². The van der Waals surface area contributed by atoms with Crippen LogP contribution in [0.3, 0.4) is 0 Å². The molecule has 6 heteroatoms. The van der Waals surface area contributed by atoms with Crippen molar-refractivity contribution in [3.8, 4) is 0 Å². The summed E-state index contributed by atoms with van der Waals surface area (Å²) in [5.41, 5.74) is 5.75. The Morgan fingerprint density at radius 2 is 1.95 bits per heavy atom. The topological polar surface area (TPSA) is 38.9 Å². The molecule has 2 rings (SSSR count). The minimum Gasteiger partial charge on any atom is -0.324 e. The molecule has 20 heavy (non-hydrogen) atoms. The molecule has 0 amide bonds. The molecule has 0 radical (unpaired) electrons. The Morgan fingerprint density at radius 1 is 1.20 bits per heavy atom. The first kappa shape index (κ1) is 14.5. The number of hydrogen-bond acceptors (Lipinski definition) is 2. The van der Waals surface area contributed by atoms with Crippen molar-refractivity contribution >= 4 is 0 Å². The number of halogens is 4. The molecule has 2 aromatic rings. The van der Waals surface area contributed by atoms with Crippen molar-refractivity contribution in [2.24, 2.45) is 5.73 Å². The molecule has 106 valence electrons. The van der Waals surface area contributed by atoms with E-state index in [1.807, 2.05) is 0 Å². The Kier molecular flexibility index (Phi) is 4.04. The second-order valence-corrected chi connectivity index (χ2v) is 4.41. The summed E-state index contributed by atoms with van der Waals surface area (Å²) >= 11 is 0. The van der Waals surface area contributed by atoms with E-state index in [4.69, 9.17) is 5.73 Å². The monoisotopic (exact) mass is 284 g/mol. The molecular weight excluding hydrogens is 272 g/mol. The summed E-state index contributed by atoms with van der Waals surface area (Å²) in [7, 11) is 0. The van der Waals surface area contributed by atoms with Gasteiger partial charge in [0, 0.05) is 18.4 Å². The highest BCUT2D eigenvalue weighted by Crippen LogP contribution is 2.32. The maximum Gasteiger partial charge on any atom is 0.419 e. The summed E-state index contributed by atoms with van der Waals surface area (Å²) in [4.78, 5) is 3.92. The van der Waals surface area contributed by atoms with Crippen molar-refractivity contribution in [1.82, 2.24) is 4.98 Å². The van der Waals surface area contributed by atoms with E-state index < -0.39 is 23.6 Å². The Hall–Kier alpha value is -1.95. The first-order valence-corrected chi connectivity index (χ1v) is 5.89. The predicted octanol–water partition coefficient (Wildman–Crippen LogP) is 3.48. The van der Waals surface area contributed by atoms with E-state index in [0.29, 0.717) is 18.1 Å². The molecule has 1 heterocycles. The van der Waals surface area contributed by atoms with E-state index in [2.05, 4.69) is 4.98 Å². The maximum absolute atomic E-state index is 13.5. The molecule has 0 aliphatic heterocycles. The van der Waals surface area contributed by atoms with Crippen molar-refractivity contribution < 1.29 is 17.6 Å². The van der Waals surface area contributed by atoms with Gasteiger partial charge < -0.3 is 5.73 Å². The van der Waals surface area contributed by atoms with E-state index in [9.17, 15) is 17.6 Å². The second kappa shape index (κ2) is 5.58. The molecule has 0 bridgehead atoms. The van der Waals surface area contributed by atoms with Crippen LogP contribution in [0.15, 0.2) is 42.7 Å². The van der Waals surface area contributed by atoms with Gasteiger partial charge in [0.1, 0.15) is 5.82 Å². The van der Waals surface area contributed by atoms with Gasteiger partial charge in [-0.05, 0) is 35.7 Å². The van der Waals surface area contributed by atoms with Gasteiger partial charge in [-0.2, -0.15) is 13.2 Å². The number of aromatic nitrogens is 1. The molecule has 0 aliphatic rings. The molecule has 0 saturated heterocycles. The van der Waals surface area contributed by atoms with Gasteiger partial charge in [-0.15, -0.1) is 0 Å². The summed E-state index contributed by atoms with van der Waals surface area (Å²) < 4.78 is 50.8. The summed E-state index contributed by atoms with van der Waals surface area (Å²) in [6, 6.07) is 5.70. The van der Waals surface area contributed by atoms with E-state index in [1.54, 1.807) is 24.5 Å². The van der Waals surface area contributed by atoms with Crippen LogP contribution in [0.5, 0.6) is 0 Å². The van der Waals surface area contributed by atoms with Crippen LogP contribution in [0.2, 0.25) is 0 Å². The molecule has 2 nitrogen and oxygen atoms in total. The highest BCUT2D eigenvalue weighted by Gasteiger charge is 2.34. The first-order valence-electron chi connectivity index (χ1n) is 5.89. The number of nitrogens with two attached hydrogens (primary N) is 1. The van der Waals surface area contributed by atoms with E-state index in [1.165, 1.54) is 6.07 Å². The SMILES string of the molecule is NC(Cc1cccnc1)c1ccc(C(F)(F)F)c(F)c1. The lowest BCUT2D eigenvalue weighted by atomic mass is 9.99. The summed E-state index contributed by atoms with van der Waals surface area (Å²) in [5.74, 6) is -1.31. The van der Waals surface area contributed by atoms with Gasteiger partial charge in [0.15, 0.2) is 0 Å². The molecule has 1 unspecified atom stereocenters. The zero-order valence-corrected chi connectivity index (χ0v) is 10.4. The van der Waals surface area contributed by atoms with Crippen LogP contribution >= 0.6 is 0 Å². The number of nitrogens with zero attached hydrogens (tertiary/aromatic N) is 1. The van der Waals surface area contributed by atoms with Crippen LogP contribution in [-0.2, 0) is 12.6 Å². The predicted molar refractivity (Wildman–Crippen MR) is 66.3 cm³/mol. The van der Waals surface area contributed by atoms with Crippen LogP contribution in [0.4, 0.5) is 17.6 Å². The quantitative estimate of drug-likeness (QED) is 0.876. The van der Waals surface area contributed by atoms with Gasteiger partial charge in [0.25, 0.3) is 0 Å². The fourth-order valence-corrected chi connectivity index (χ4v) is 1.88. The molecular formula is C14H12F4N2. The highest BCUT2D eigenvalue weighted by atomic mass is 19.4. The van der Waals surface area contributed by atoms with Gasteiger partial charge in [-0.25, -0.2) is 4.39 Å². The smallest absolute Gasteiger partial charge is 0.324 e.